The highest BCUT2D eigenvalue weighted by atomic mass is 79.9. The molecular formula is C19H21BrN4O3S. The number of hydrogen-bond donors (Lipinski definition) is 1. The van der Waals surface area contributed by atoms with Gasteiger partial charge in [-0.2, -0.15) is 4.98 Å². The van der Waals surface area contributed by atoms with E-state index in [0.29, 0.717) is 29.0 Å². The van der Waals surface area contributed by atoms with Gasteiger partial charge in [-0.15, -0.1) is 5.10 Å². The van der Waals surface area contributed by atoms with Gasteiger partial charge in [0.05, 0.1) is 18.7 Å². The normalized spacial score (nSPS) is 18.4. The van der Waals surface area contributed by atoms with Crippen molar-refractivity contribution in [2.75, 3.05) is 25.3 Å². The monoisotopic (exact) mass is 464 g/mol. The molecule has 2 aromatic rings. The number of Topliss-reactive ketones (excluding diaryl/α,β-unsaturated/α-hetero) is 1. The van der Waals surface area contributed by atoms with E-state index in [2.05, 4.69) is 38.3 Å². The first-order chi connectivity index (χ1) is 13.6. The van der Waals surface area contributed by atoms with Gasteiger partial charge in [-0.3, -0.25) is 4.79 Å². The summed E-state index contributed by atoms with van der Waals surface area (Å²) in [5.41, 5.74) is 2.60. The number of methoxy groups -OCH3 is 2. The number of benzene rings is 1. The molecule has 9 heteroatoms. The number of hydrogen-bond acceptors (Lipinski definition) is 7. The average Bonchev–Trinajstić information content (AvgIpc) is 3.08. The van der Waals surface area contributed by atoms with Crippen LogP contribution < -0.4 is 14.8 Å². The SMILES string of the molecule is CCSc1nc2n(n1)C(c1cc(Br)c(OC)c(OC)c1)C1=C(CCCC1=O)N2. The summed E-state index contributed by atoms with van der Waals surface area (Å²) < 4.78 is 13.5. The summed E-state index contributed by atoms with van der Waals surface area (Å²) in [5, 5.41) is 8.72. The van der Waals surface area contributed by atoms with Gasteiger partial charge in [0.2, 0.25) is 11.1 Å². The van der Waals surface area contributed by atoms with E-state index < -0.39 is 0 Å². The third-order valence-electron chi connectivity index (χ3n) is 4.89. The molecule has 0 spiro atoms. The summed E-state index contributed by atoms with van der Waals surface area (Å²) >= 11 is 5.14. The van der Waals surface area contributed by atoms with Crippen LogP contribution in [0.3, 0.4) is 0 Å². The minimum absolute atomic E-state index is 0.149. The quantitative estimate of drug-likeness (QED) is 0.664. The smallest absolute Gasteiger partial charge is 0.227 e. The summed E-state index contributed by atoms with van der Waals surface area (Å²) in [7, 11) is 3.20. The minimum atomic E-state index is -0.353. The Morgan fingerprint density at radius 1 is 1.32 bits per heavy atom. The van der Waals surface area contributed by atoms with E-state index in [9.17, 15) is 4.79 Å². The van der Waals surface area contributed by atoms with Crippen LogP contribution in [0.4, 0.5) is 5.95 Å². The van der Waals surface area contributed by atoms with Crippen molar-refractivity contribution >= 4 is 39.4 Å². The van der Waals surface area contributed by atoms with Crippen LogP contribution in [0.1, 0.15) is 37.8 Å². The van der Waals surface area contributed by atoms with Crippen LogP contribution in [0, 0.1) is 0 Å². The Hall–Kier alpha value is -2.00. The summed E-state index contributed by atoms with van der Waals surface area (Å²) in [5.74, 6) is 2.91. The minimum Gasteiger partial charge on any atom is -0.493 e. The number of halogens is 1. The number of aromatic nitrogens is 3. The summed E-state index contributed by atoms with van der Waals surface area (Å²) in [4.78, 5) is 17.5. The van der Waals surface area contributed by atoms with Crippen LogP contribution in [0.15, 0.2) is 33.0 Å². The molecule has 0 radical (unpaired) electrons. The molecular weight excluding hydrogens is 444 g/mol. The zero-order chi connectivity index (χ0) is 19.8. The van der Waals surface area contributed by atoms with Gasteiger partial charge in [-0.05, 0) is 52.2 Å². The molecule has 2 heterocycles. The lowest BCUT2D eigenvalue weighted by Crippen LogP contribution is -2.31. The van der Waals surface area contributed by atoms with Crippen molar-refractivity contribution in [1.29, 1.82) is 0 Å². The number of anilines is 1. The molecule has 28 heavy (non-hydrogen) atoms. The maximum atomic E-state index is 12.9. The molecule has 1 aromatic heterocycles. The summed E-state index contributed by atoms with van der Waals surface area (Å²) in [6.45, 7) is 2.06. The molecule has 4 rings (SSSR count). The Bertz CT molecular complexity index is 972. The molecule has 0 bridgehead atoms. The fraction of sp³-hybridized carbons (Fsp3) is 0.421. The number of thioether (sulfide) groups is 1. The Labute approximate surface area is 176 Å². The Balaban J connectivity index is 1.91. The second-order valence-electron chi connectivity index (χ2n) is 6.53. The number of nitrogens with zero attached hydrogens (tertiary/aromatic N) is 3. The zero-order valence-electron chi connectivity index (χ0n) is 15.9. The van der Waals surface area contributed by atoms with Gasteiger partial charge in [-0.25, -0.2) is 4.68 Å². The van der Waals surface area contributed by atoms with Gasteiger partial charge in [0.25, 0.3) is 0 Å². The molecule has 148 valence electrons. The number of carbonyl (C=O) groups is 1. The lowest BCUT2D eigenvalue weighted by atomic mass is 9.85. The fourth-order valence-corrected chi connectivity index (χ4v) is 4.91. The lowest BCUT2D eigenvalue weighted by Gasteiger charge is -2.32. The number of ketones is 1. The molecule has 1 aliphatic heterocycles. The van der Waals surface area contributed by atoms with Crippen molar-refractivity contribution in [3.8, 4) is 11.5 Å². The molecule has 7 nitrogen and oxygen atoms in total. The summed E-state index contributed by atoms with van der Waals surface area (Å²) in [6.07, 6.45) is 2.22. The van der Waals surface area contributed by atoms with Crippen molar-refractivity contribution in [3.63, 3.8) is 0 Å². The van der Waals surface area contributed by atoms with E-state index in [-0.39, 0.29) is 11.8 Å². The van der Waals surface area contributed by atoms with E-state index in [4.69, 9.17) is 9.47 Å². The van der Waals surface area contributed by atoms with Crippen molar-refractivity contribution in [3.05, 3.63) is 33.4 Å². The van der Waals surface area contributed by atoms with Gasteiger partial charge in [0, 0.05) is 17.7 Å². The van der Waals surface area contributed by atoms with Crippen molar-refractivity contribution in [2.24, 2.45) is 0 Å². The van der Waals surface area contributed by atoms with Gasteiger partial charge in [0.1, 0.15) is 6.04 Å². The van der Waals surface area contributed by atoms with Crippen LogP contribution in [0.25, 0.3) is 0 Å². The number of ether oxygens (including phenoxy) is 2. The highest BCUT2D eigenvalue weighted by molar-refractivity contribution is 9.10. The van der Waals surface area contributed by atoms with Gasteiger partial charge < -0.3 is 14.8 Å². The lowest BCUT2D eigenvalue weighted by molar-refractivity contribution is -0.116. The molecule has 1 N–H and O–H groups in total. The average molecular weight is 465 g/mol. The van der Waals surface area contributed by atoms with Crippen LogP contribution in [0.5, 0.6) is 11.5 Å². The number of rotatable bonds is 5. The van der Waals surface area contributed by atoms with Gasteiger partial charge in [0.15, 0.2) is 17.3 Å². The second-order valence-corrected chi connectivity index (χ2v) is 8.62. The fourth-order valence-electron chi connectivity index (χ4n) is 3.73. The highest BCUT2D eigenvalue weighted by Crippen LogP contribution is 2.44. The number of carbonyl (C=O) groups excluding carboxylic acids is 1. The Morgan fingerprint density at radius 3 is 2.86 bits per heavy atom. The van der Waals surface area contributed by atoms with E-state index in [0.717, 1.165) is 39.9 Å². The van der Waals surface area contributed by atoms with Crippen molar-refractivity contribution in [2.45, 2.75) is 37.4 Å². The van der Waals surface area contributed by atoms with E-state index in [1.165, 1.54) is 0 Å². The first-order valence-corrected chi connectivity index (χ1v) is 10.9. The predicted octanol–water partition coefficient (Wildman–Crippen LogP) is 4.19. The molecule has 0 saturated carbocycles. The second kappa shape index (κ2) is 7.79. The van der Waals surface area contributed by atoms with Crippen LogP contribution in [0.2, 0.25) is 0 Å². The van der Waals surface area contributed by atoms with Crippen molar-refractivity contribution in [1.82, 2.24) is 14.8 Å². The van der Waals surface area contributed by atoms with Gasteiger partial charge >= 0.3 is 0 Å². The standard InChI is InChI=1S/C19H21BrN4O3S/c1-4-28-19-22-18-21-12-6-5-7-13(25)15(12)16(24(18)23-19)10-8-11(20)17(27-3)14(9-10)26-2/h8-9,16H,4-7H2,1-3H3,(H,21,22,23). The summed E-state index contributed by atoms with van der Waals surface area (Å²) in [6, 6.07) is 3.51. The third kappa shape index (κ3) is 3.20. The molecule has 1 unspecified atom stereocenters. The first kappa shape index (κ1) is 19.3. The van der Waals surface area contributed by atoms with E-state index >= 15 is 0 Å². The number of fused-ring (bicyclic) bond motifs is 1. The molecule has 0 amide bonds. The first-order valence-electron chi connectivity index (χ1n) is 9.11. The van der Waals surface area contributed by atoms with Gasteiger partial charge in [-0.1, -0.05) is 18.7 Å². The predicted molar refractivity (Wildman–Crippen MR) is 111 cm³/mol. The topological polar surface area (TPSA) is 78.3 Å². The third-order valence-corrected chi connectivity index (χ3v) is 6.20. The molecule has 0 fully saturated rings. The maximum absolute atomic E-state index is 12.9. The largest absolute Gasteiger partial charge is 0.493 e. The zero-order valence-corrected chi connectivity index (χ0v) is 18.3. The highest BCUT2D eigenvalue weighted by Gasteiger charge is 2.37. The molecule has 1 atom stereocenters. The van der Waals surface area contributed by atoms with Crippen molar-refractivity contribution < 1.29 is 14.3 Å². The van der Waals surface area contributed by atoms with E-state index in [1.54, 1.807) is 26.0 Å². The molecule has 1 aromatic carbocycles. The number of nitrogens with one attached hydrogen (secondary N) is 1. The molecule has 2 aliphatic rings. The van der Waals surface area contributed by atoms with Crippen LogP contribution in [-0.4, -0.2) is 40.5 Å². The van der Waals surface area contributed by atoms with E-state index in [1.807, 2.05) is 16.8 Å². The Kier molecular flexibility index (Phi) is 5.37. The van der Waals surface area contributed by atoms with Crippen LogP contribution in [-0.2, 0) is 4.79 Å². The number of allylic oxidation sites excluding steroid dienone is 2. The molecule has 0 saturated heterocycles. The maximum Gasteiger partial charge on any atom is 0.227 e. The van der Waals surface area contributed by atoms with Crippen LogP contribution >= 0.6 is 27.7 Å². The Morgan fingerprint density at radius 2 is 2.14 bits per heavy atom. The molecule has 1 aliphatic carbocycles.